The highest BCUT2D eigenvalue weighted by Gasteiger charge is 2.40. The van der Waals surface area contributed by atoms with Gasteiger partial charge in [-0.15, -0.1) is 0 Å². The second-order valence-electron chi connectivity index (χ2n) is 6.12. The SMILES string of the molecule is COc1cc(C)cc(CNC(=O)C2(O)CCCN(C(C)=O)C2)c1. The number of nitrogens with zero attached hydrogens (tertiary/aromatic N) is 1. The first-order valence-electron chi connectivity index (χ1n) is 7.75. The van der Waals surface area contributed by atoms with Crippen LogP contribution in [0.2, 0.25) is 0 Å². The number of benzene rings is 1. The average Bonchev–Trinajstić information content (AvgIpc) is 2.52. The van der Waals surface area contributed by atoms with Crippen LogP contribution in [-0.4, -0.2) is 47.6 Å². The number of piperidine rings is 1. The monoisotopic (exact) mass is 320 g/mol. The zero-order valence-corrected chi connectivity index (χ0v) is 13.9. The standard InChI is InChI=1S/C17H24N2O4/c1-12-7-14(9-15(8-12)23-3)10-18-16(21)17(22)5-4-6-19(11-17)13(2)20/h7-9,22H,4-6,10-11H2,1-3H3,(H,18,21). The number of amides is 2. The van der Waals surface area contributed by atoms with Crippen molar-refractivity contribution in [3.63, 3.8) is 0 Å². The van der Waals surface area contributed by atoms with Crippen molar-refractivity contribution in [1.29, 1.82) is 0 Å². The van der Waals surface area contributed by atoms with Crippen molar-refractivity contribution in [2.45, 2.75) is 38.8 Å². The van der Waals surface area contributed by atoms with Crippen LogP contribution in [0.3, 0.4) is 0 Å². The van der Waals surface area contributed by atoms with Gasteiger partial charge in [0.15, 0.2) is 5.60 Å². The van der Waals surface area contributed by atoms with Gasteiger partial charge in [-0.3, -0.25) is 9.59 Å². The zero-order chi connectivity index (χ0) is 17.0. The third-order valence-corrected chi connectivity index (χ3v) is 4.14. The van der Waals surface area contributed by atoms with Crippen molar-refractivity contribution >= 4 is 11.8 Å². The molecule has 1 aromatic carbocycles. The largest absolute Gasteiger partial charge is 0.497 e. The number of carbonyl (C=O) groups excluding carboxylic acids is 2. The van der Waals surface area contributed by atoms with E-state index in [0.29, 0.717) is 25.9 Å². The number of aliphatic hydroxyl groups is 1. The molecule has 6 heteroatoms. The molecule has 1 aromatic rings. The van der Waals surface area contributed by atoms with Crippen LogP contribution in [0.25, 0.3) is 0 Å². The molecule has 1 aliphatic heterocycles. The van der Waals surface area contributed by atoms with E-state index in [9.17, 15) is 14.7 Å². The minimum atomic E-state index is -1.52. The van der Waals surface area contributed by atoms with Gasteiger partial charge in [0.1, 0.15) is 5.75 Å². The highest BCUT2D eigenvalue weighted by molar-refractivity contribution is 5.86. The Bertz CT molecular complexity index is 602. The third-order valence-electron chi connectivity index (χ3n) is 4.14. The first-order chi connectivity index (χ1) is 10.8. The molecule has 0 bridgehead atoms. The second kappa shape index (κ2) is 7.00. The lowest BCUT2D eigenvalue weighted by Gasteiger charge is -2.37. The van der Waals surface area contributed by atoms with Crippen molar-refractivity contribution in [1.82, 2.24) is 10.2 Å². The molecule has 1 fully saturated rings. The summed E-state index contributed by atoms with van der Waals surface area (Å²) in [6.07, 6.45) is 0.974. The summed E-state index contributed by atoms with van der Waals surface area (Å²) < 4.78 is 5.21. The van der Waals surface area contributed by atoms with Gasteiger partial charge in [-0.1, -0.05) is 6.07 Å². The molecular weight excluding hydrogens is 296 g/mol. The molecule has 23 heavy (non-hydrogen) atoms. The molecule has 2 N–H and O–H groups in total. The molecule has 0 aliphatic carbocycles. The summed E-state index contributed by atoms with van der Waals surface area (Å²) >= 11 is 0. The molecule has 126 valence electrons. The fourth-order valence-corrected chi connectivity index (χ4v) is 2.88. The highest BCUT2D eigenvalue weighted by atomic mass is 16.5. The van der Waals surface area contributed by atoms with Gasteiger partial charge < -0.3 is 20.1 Å². The van der Waals surface area contributed by atoms with Crippen LogP contribution in [0.4, 0.5) is 0 Å². The number of nitrogens with one attached hydrogen (secondary N) is 1. The Balaban J connectivity index is 2.01. The van der Waals surface area contributed by atoms with Gasteiger partial charge in [-0.05, 0) is 43.0 Å². The molecular formula is C17H24N2O4. The Kier molecular flexibility index (Phi) is 5.26. The van der Waals surface area contributed by atoms with Crippen LogP contribution in [-0.2, 0) is 16.1 Å². The number of likely N-dealkylation sites (tertiary alicyclic amines) is 1. The highest BCUT2D eigenvalue weighted by Crippen LogP contribution is 2.22. The number of methoxy groups -OCH3 is 1. The molecule has 0 aromatic heterocycles. The van der Waals surface area contributed by atoms with Gasteiger partial charge in [-0.25, -0.2) is 0 Å². The molecule has 6 nitrogen and oxygen atoms in total. The van der Waals surface area contributed by atoms with Crippen molar-refractivity contribution in [2.75, 3.05) is 20.2 Å². The predicted molar refractivity (Wildman–Crippen MR) is 86.0 cm³/mol. The van der Waals surface area contributed by atoms with Gasteiger partial charge in [0.25, 0.3) is 5.91 Å². The molecule has 1 unspecified atom stereocenters. The van der Waals surface area contributed by atoms with Crippen LogP contribution < -0.4 is 10.1 Å². The summed E-state index contributed by atoms with van der Waals surface area (Å²) in [5.74, 6) is 0.164. The second-order valence-corrected chi connectivity index (χ2v) is 6.12. The Morgan fingerprint density at radius 2 is 2.13 bits per heavy atom. The van der Waals surface area contributed by atoms with Crippen molar-refractivity contribution < 1.29 is 19.4 Å². The van der Waals surface area contributed by atoms with Crippen LogP contribution in [0.15, 0.2) is 18.2 Å². The van der Waals surface area contributed by atoms with Crippen LogP contribution in [0.5, 0.6) is 5.75 Å². The van der Waals surface area contributed by atoms with E-state index in [-0.39, 0.29) is 12.5 Å². The topological polar surface area (TPSA) is 78.9 Å². The van der Waals surface area contributed by atoms with Gasteiger partial charge in [0, 0.05) is 20.0 Å². The lowest BCUT2D eigenvalue weighted by atomic mass is 9.91. The van der Waals surface area contributed by atoms with Gasteiger partial charge in [-0.2, -0.15) is 0 Å². The minimum absolute atomic E-state index is 0.0469. The molecule has 0 radical (unpaired) electrons. The molecule has 2 amide bonds. The molecule has 0 saturated carbocycles. The normalized spacial score (nSPS) is 21.0. The maximum atomic E-state index is 12.4. The average molecular weight is 320 g/mol. The van der Waals surface area contributed by atoms with Crippen LogP contribution in [0.1, 0.15) is 30.9 Å². The predicted octanol–water partition coefficient (Wildman–Crippen LogP) is 0.993. The molecule has 1 atom stereocenters. The van der Waals surface area contributed by atoms with E-state index in [4.69, 9.17) is 4.74 Å². The first-order valence-corrected chi connectivity index (χ1v) is 7.75. The van der Waals surface area contributed by atoms with Gasteiger partial charge >= 0.3 is 0 Å². The maximum absolute atomic E-state index is 12.4. The van der Waals surface area contributed by atoms with E-state index in [0.717, 1.165) is 16.9 Å². The number of hydrogen-bond donors (Lipinski definition) is 2. The summed E-state index contributed by atoms with van der Waals surface area (Å²) in [7, 11) is 1.60. The fraction of sp³-hybridized carbons (Fsp3) is 0.529. The van der Waals surface area contributed by atoms with E-state index in [1.54, 1.807) is 7.11 Å². The van der Waals surface area contributed by atoms with Gasteiger partial charge in [0.05, 0.1) is 13.7 Å². The maximum Gasteiger partial charge on any atom is 0.254 e. The Hall–Kier alpha value is -2.08. The van der Waals surface area contributed by atoms with Crippen molar-refractivity contribution in [2.24, 2.45) is 0 Å². The molecule has 2 rings (SSSR count). The lowest BCUT2D eigenvalue weighted by molar-refractivity contribution is -0.150. The first kappa shape index (κ1) is 17.3. The Labute approximate surface area is 136 Å². The van der Waals surface area contributed by atoms with Crippen LogP contribution in [0, 0.1) is 6.92 Å². The van der Waals surface area contributed by atoms with Gasteiger partial charge in [0.2, 0.25) is 5.91 Å². The quantitative estimate of drug-likeness (QED) is 0.867. The molecule has 1 heterocycles. The number of ether oxygens (including phenoxy) is 1. The van der Waals surface area contributed by atoms with Crippen molar-refractivity contribution in [3.8, 4) is 5.75 Å². The summed E-state index contributed by atoms with van der Waals surface area (Å²) in [5.41, 5.74) is 0.420. The van der Waals surface area contributed by atoms with E-state index < -0.39 is 11.5 Å². The molecule has 0 spiro atoms. The van der Waals surface area contributed by atoms with E-state index in [2.05, 4.69) is 5.32 Å². The Morgan fingerprint density at radius 3 is 2.78 bits per heavy atom. The zero-order valence-electron chi connectivity index (χ0n) is 13.9. The van der Waals surface area contributed by atoms with E-state index >= 15 is 0 Å². The molecule has 1 aliphatic rings. The minimum Gasteiger partial charge on any atom is -0.497 e. The molecule has 1 saturated heterocycles. The van der Waals surface area contributed by atoms with Crippen molar-refractivity contribution in [3.05, 3.63) is 29.3 Å². The van der Waals surface area contributed by atoms with Crippen LogP contribution >= 0.6 is 0 Å². The lowest BCUT2D eigenvalue weighted by Crippen LogP contribution is -2.57. The number of β-amino-alcohol motifs (C(OH)–C–C–N with tert-alkyl or cyclic N) is 1. The summed E-state index contributed by atoms with van der Waals surface area (Å²) in [4.78, 5) is 25.3. The number of aryl methyl sites for hydroxylation is 1. The summed E-state index contributed by atoms with van der Waals surface area (Å²) in [6, 6.07) is 5.71. The third kappa shape index (κ3) is 4.22. The smallest absolute Gasteiger partial charge is 0.254 e. The summed E-state index contributed by atoms with van der Waals surface area (Å²) in [6.45, 7) is 4.33. The van der Waals surface area contributed by atoms with E-state index in [1.165, 1.54) is 11.8 Å². The Morgan fingerprint density at radius 1 is 1.39 bits per heavy atom. The van der Waals surface area contributed by atoms with E-state index in [1.807, 2.05) is 25.1 Å². The number of carbonyl (C=O) groups is 2. The fourth-order valence-electron chi connectivity index (χ4n) is 2.88. The number of hydrogen-bond acceptors (Lipinski definition) is 4. The summed E-state index contributed by atoms with van der Waals surface area (Å²) in [5, 5.41) is 13.3. The number of rotatable bonds is 4.